The van der Waals surface area contributed by atoms with Crippen LogP contribution in [0.15, 0.2) is 23.2 Å². The summed E-state index contributed by atoms with van der Waals surface area (Å²) in [7, 11) is 0. The van der Waals surface area contributed by atoms with E-state index >= 15 is 0 Å². The molecule has 1 aromatic carbocycles. The third-order valence-corrected chi connectivity index (χ3v) is 3.52. The lowest BCUT2D eigenvalue weighted by Gasteiger charge is -2.21. The summed E-state index contributed by atoms with van der Waals surface area (Å²) in [5, 5.41) is 8.82. The molecule has 1 aromatic rings. The summed E-state index contributed by atoms with van der Waals surface area (Å²) in [5.41, 5.74) is 6.81. The highest BCUT2D eigenvalue weighted by Gasteiger charge is 2.11. The number of halogens is 2. The molecule has 2 rings (SSSR count). The fourth-order valence-electron chi connectivity index (χ4n) is 2.33. The van der Waals surface area contributed by atoms with Gasteiger partial charge in [-0.3, -0.25) is 0 Å². The van der Waals surface area contributed by atoms with Gasteiger partial charge in [0.05, 0.1) is 18.2 Å². The second-order valence-corrected chi connectivity index (χ2v) is 4.99. The van der Waals surface area contributed by atoms with Crippen LogP contribution in [0, 0.1) is 17.1 Å². The van der Waals surface area contributed by atoms with E-state index in [0.29, 0.717) is 17.1 Å². The molecule has 114 valence electrons. The Morgan fingerprint density at radius 1 is 1.29 bits per heavy atom. The average molecular weight is 402 g/mol. The van der Waals surface area contributed by atoms with Crippen molar-refractivity contribution in [3.8, 4) is 6.07 Å². The van der Waals surface area contributed by atoms with Crippen molar-refractivity contribution in [1.82, 2.24) is 4.90 Å². The predicted molar refractivity (Wildman–Crippen MR) is 91.9 cm³/mol. The summed E-state index contributed by atoms with van der Waals surface area (Å²) in [6.45, 7) is 2.00. The fourth-order valence-corrected chi connectivity index (χ4v) is 2.33. The van der Waals surface area contributed by atoms with E-state index < -0.39 is 0 Å². The van der Waals surface area contributed by atoms with Crippen LogP contribution in [-0.4, -0.2) is 23.9 Å². The summed E-state index contributed by atoms with van der Waals surface area (Å²) in [6, 6.07) is 6.28. The van der Waals surface area contributed by atoms with E-state index in [4.69, 9.17) is 11.0 Å². The average Bonchev–Trinajstić information content (AvgIpc) is 2.75. The molecule has 0 saturated carbocycles. The lowest BCUT2D eigenvalue weighted by atomic mass is 10.1. The lowest BCUT2D eigenvalue weighted by Crippen LogP contribution is -2.38. The van der Waals surface area contributed by atoms with Gasteiger partial charge in [0.1, 0.15) is 5.82 Å². The SMILES string of the molecule is I.N#Cc1ccc(F)c(CN=C(N)N2CCCCCC2)c1. The van der Waals surface area contributed by atoms with Crippen molar-refractivity contribution in [1.29, 1.82) is 5.26 Å². The highest BCUT2D eigenvalue weighted by Crippen LogP contribution is 2.13. The second kappa shape index (κ2) is 8.82. The van der Waals surface area contributed by atoms with Gasteiger partial charge in [-0.25, -0.2) is 9.38 Å². The molecule has 2 N–H and O–H groups in total. The van der Waals surface area contributed by atoms with E-state index in [1.165, 1.54) is 31.0 Å². The number of aliphatic imine (C=N–C) groups is 1. The van der Waals surface area contributed by atoms with E-state index in [2.05, 4.69) is 9.89 Å². The van der Waals surface area contributed by atoms with Gasteiger partial charge in [-0.05, 0) is 31.0 Å². The summed E-state index contributed by atoms with van der Waals surface area (Å²) >= 11 is 0. The van der Waals surface area contributed by atoms with Gasteiger partial charge >= 0.3 is 0 Å². The third kappa shape index (κ3) is 5.16. The van der Waals surface area contributed by atoms with Crippen molar-refractivity contribution in [2.24, 2.45) is 10.7 Å². The molecule has 1 fully saturated rings. The standard InChI is InChI=1S/C15H19FN4.HI/c16-14-6-5-12(10-17)9-13(14)11-19-15(18)20-7-3-1-2-4-8-20;/h5-6,9H,1-4,7-8,11H2,(H2,18,19);1H. The van der Waals surface area contributed by atoms with Crippen LogP contribution in [0.1, 0.15) is 36.8 Å². The highest BCUT2D eigenvalue weighted by molar-refractivity contribution is 14.0. The normalized spacial score (nSPS) is 15.8. The van der Waals surface area contributed by atoms with E-state index in [-0.39, 0.29) is 36.3 Å². The molecule has 1 heterocycles. The molecule has 0 bridgehead atoms. The Bertz CT molecular complexity index is 531. The summed E-state index contributed by atoms with van der Waals surface area (Å²) in [5.74, 6) is 0.116. The first-order chi connectivity index (χ1) is 9.70. The molecule has 21 heavy (non-hydrogen) atoms. The zero-order valence-corrected chi connectivity index (χ0v) is 14.2. The highest BCUT2D eigenvalue weighted by atomic mass is 127. The Morgan fingerprint density at radius 2 is 1.95 bits per heavy atom. The van der Waals surface area contributed by atoms with Crippen LogP contribution in [0.3, 0.4) is 0 Å². The van der Waals surface area contributed by atoms with Crippen LogP contribution in [0.25, 0.3) is 0 Å². The van der Waals surface area contributed by atoms with Crippen molar-refractivity contribution in [2.75, 3.05) is 13.1 Å². The van der Waals surface area contributed by atoms with Crippen molar-refractivity contribution >= 4 is 29.9 Å². The minimum atomic E-state index is -0.351. The quantitative estimate of drug-likeness (QED) is 0.470. The molecule has 0 aromatic heterocycles. The van der Waals surface area contributed by atoms with Gasteiger partial charge in [0.25, 0.3) is 0 Å². The van der Waals surface area contributed by atoms with Gasteiger partial charge in [-0.2, -0.15) is 5.26 Å². The Kier molecular flexibility index (Phi) is 7.43. The molecule has 6 heteroatoms. The van der Waals surface area contributed by atoms with Crippen LogP contribution >= 0.6 is 24.0 Å². The lowest BCUT2D eigenvalue weighted by molar-refractivity contribution is 0.428. The molecule has 0 radical (unpaired) electrons. The van der Waals surface area contributed by atoms with Gasteiger partial charge < -0.3 is 10.6 Å². The Balaban J connectivity index is 0.00000220. The number of rotatable bonds is 2. The van der Waals surface area contributed by atoms with Gasteiger partial charge in [-0.1, -0.05) is 12.8 Å². The Morgan fingerprint density at radius 3 is 2.57 bits per heavy atom. The van der Waals surface area contributed by atoms with Gasteiger partial charge in [0.15, 0.2) is 5.96 Å². The molecule has 1 aliphatic rings. The molecular weight excluding hydrogens is 382 g/mol. The summed E-state index contributed by atoms with van der Waals surface area (Å²) in [6.07, 6.45) is 4.69. The zero-order chi connectivity index (χ0) is 14.4. The third-order valence-electron chi connectivity index (χ3n) is 3.52. The molecule has 0 amide bonds. The topological polar surface area (TPSA) is 65.4 Å². The maximum Gasteiger partial charge on any atom is 0.191 e. The number of hydrogen-bond donors (Lipinski definition) is 1. The number of guanidine groups is 1. The number of benzene rings is 1. The fraction of sp³-hybridized carbons (Fsp3) is 0.467. The van der Waals surface area contributed by atoms with Crippen molar-refractivity contribution in [3.63, 3.8) is 0 Å². The predicted octanol–water partition coefficient (Wildman–Crippen LogP) is 3.01. The molecule has 1 aliphatic heterocycles. The molecule has 0 spiro atoms. The van der Waals surface area contributed by atoms with E-state index in [0.717, 1.165) is 25.9 Å². The van der Waals surface area contributed by atoms with Crippen LogP contribution in [0.4, 0.5) is 4.39 Å². The van der Waals surface area contributed by atoms with Crippen molar-refractivity contribution in [3.05, 3.63) is 35.1 Å². The van der Waals surface area contributed by atoms with Crippen LogP contribution in [-0.2, 0) is 6.54 Å². The molecule has 0 unspecified atom stereocenters. The minimum Gasteiger partial charge on any atom is -0.370 e. The van der Waals surface area contributed by atoms with Gasteiger partial charge in [0.2, 0.25) is 0 Å². The van der Waals surface area contributed by atoms with E-state index in [1.807, 2.05) is 6.07 Å². The number of hydrogen-bond acceptors (Lipinski definition) is 2. The number of nitrogens with zero attached hydrogens (tertiary/aromatic N) is 3. The Labute approximate surface area is 141 Å². The number of likely N-dealkylation sites (tertiary alicyclic amines) is 1. The van der Waals surface area contributed by atoms with Crippen LogP contribution in [0.5, 0.6) is 0 Å². The minimum absolute atomic E-state index is 0. The molecule has 0 atom stereocenters. The van der Waals surface area contributed by atoms with E-state index in [9.17, 15) is 4.39 Å². The van der Waals surface area contributed by atoms with Crippen molar-refractivity contribution < 1.29 is 4.39 Å². The van der Waals surface area contributed by atoms with Crippen LogP contribution in [0.2, 0.25) is 0 Å². The van der Waals surface area contributed by atoms with Gasteiger partial charge in [0, 0.05) is 18.7 Å². The first-order valence-corrected chi connectivity index (χ1v) is 6.94. The smallest absolute Gasteiger partial charge is 0.191 e. The largest absolute Gasteiger partial charge is 0.370 e. The van der Waals surface area contributed by atoms with Crippen LogP contribution < -0.4 is 5.73 Å². The molecule has 4 nitrogen and oxygen atoms in total. The Hall–Kier alpha value is -1.36. The second-order valence-electron chi connectivity index (χ2n) is 4.99. The van der Waals surface area contributed by atoms with Gasteiger partial charge in [-0.15, -0.1) is 24.0 Å². The number of nitriles is 1. The first-order valence-electron chi connectivity index (χ1n) is 6.94. The zero-order valence-electron chi connectivity index (χ0n) is 11.9. The van der Waals surface area contributed by atoms with E-state index in [1.54, 1.807) is 0 Å². The maximum atomic E-state index is 13.6. The summed E-state index contributed by atoms with van der Waals surface area (Å²) in [4.78, 5) is 6.32. The summed E-state index contributed by atoms with van der Waals surface area (Å²) < 4.78 is 13.6. The number of nitrogens with two attached hydrogens (primary N) is 1. The first kappa shape index (κ1) is 17.7. The molecule has 1 saturated heterocycles. The molecular formula is C15H20FIN4. The monoisotopic (exact) mass is 402 g/mol. The maximum absolute atomic E-state index is 13.6. The van der Waals surface area contributed by atoms with Crippen molar-refractivity contribution in [2.45, 2.75) is 32.2 Å². The molecule has 0 aliphatic carbocycles.